The molecule has 5 saturated carbocycles. The van der Waals surface area contributed by atoms with Crippen molar-refractivity contribution in [3.8, 4) is 0 Å². The van der Waals surface area contributed by atoms with Gasteiger partial charge in [-0.25, -0.2) is 13.2 Å². The van der Waals surface area contributed by atoms with E-state index in [2.05, 4.69) is 63.7 Å². The maximum atomic E-state index is 13.3. The number of allylic oxidation sites excluding steroid dienone is 1. The Bertz CT molecular complexity index is 1680. The second kappa shape index (κ2) is 16.3. The van der Waals surface area contributed by atoms with Crippen LogP contribution in [0.2, 0.25) is 0 Å². The number of carboxylic acids is 1. The third-order valence-electron chi connectivity index (χ3n) is 17.9. The molecule has 1 saturated heterocycles. The van der Waals surface area contributed by atoms with Crippen LogP contribution in [0.3, 0.4) is 0 Å². The number of hydrogen-bond acceptors (Lipinski definition) is 9. The Kier molecular flexibility index (Phi) is 12.7. The number of alkyl carbamates (subject to hydrolysis) is 1. The van der Waals surface area contributed by atoms with Crippen molar-refractivity contribution in [2.75, 3.05) is 44.3 Å². The van der Waals surface area contributed by atoms with E-state index in [9.17, 15) is 27.9 Å². The van der Waals surface area contributed by atoms with Gasteiger partial charge in [0.1, 0.15) is 6.10 Å². The van der Waals surface area contributed by atoms with Crippen LogP contribution in [0.15, 0.2) is 12.2 Å². The molecule has 1 aliphatic heterocycles. The molecule has 11 nitrogen and oxygen atoms in total. The third-order valence-corrected chi connectivity index (χ3v) is 19.5. The van der Waals surface area contributed by atoms with E-state index >= 15 is 0 Å². The van der Waals surface area contributed by atoms with Crippen LogP contribution in [0.25, 0.3) is 0 Å². The van der Waals surface area contributed by atoms with Gasteiger partial charge in [0.25, 0.3) is 0 Å². The molecule has 5 aliphatic carbocycles. The average Bonchev–Trinajstić information content (AvgIpc) is 3.50. The van der Waals surface area contributed by atoms with Gasteiger partial charge < -0.3 is 25.2 Å². The number of carbonyl (C=O) groups excluding carboxylic acids is 2. The standard InChI is InChI=1S/C46H77N3O8S/c1-11-56-40(53)47-28-31(49-22-24-58(54,55)25-23-49)29-48-46-19-14-32(30(2)3)39(46)33-12-13-35-43(8)17-16-36(57-38(52)27-41(4,5)26-37(50)51)42(6,7)34(43)15-18-45(35,10)44(33,9)20-21-46/h31-36,39,48H,2,11-29H2,1,3-10H3,(H,47,53)(H,50,51)/t31?,32-,33+,34-,35+,36-,39+,43-,44+,45+,46-/m0/s1. The molecular formula is C46H77N3O8S. The molecule has 3 N–H and O–H groups in total. The van der Waals surface area contributed by atoms with Gasteiger partial charge in [-0.15, -0.1) is 0 Å². The number of hydrogen-bond donors (Lipinski definition) is 3. The molecule has 6 rings (SSSR count). The Hall–Kier alpha value is -2.18. The highest BCUT2D eigenvalue weighted by Gasteiger charge is 2.71. The number of aliphatic carboxylic acids is 1. The summed E-state index contributed by atoms with van der Waals surface area (Å²) in [5.41, 5.74) is 0.794. The Morgan fingerprint density at radius 3 is 2.21 bits per heavy atom. The minimum atomic E-state index is -3.05. The number of carboxylic acid groups (broad SMARTS) is 1. The molecule has 12 heteroatoms. The Labute approximate surface area is 349 Å². The first-order valence-electron chi connectivity index (χ1n) is 22.6. The molecule has 0 aromatic heterocycles. The zero-order valence-electron chi connectivity index (χ0n) is 37.3. The second-order valence-corrected chi connectivity index (χ2v) is 24.2. The number of esters is 1. The predicted octanol–water partition coefficient (Wildman–Crippen LogP) is 7.63. The fraction of sp³-hybridized carbons (Fsp3) is 0.891. The van der Waals surface area contributed by atoms with Crippen molar-refractivity contribution in [1.29, 1.82) is 0 Å². The summed E-state index contributed by atoms with van der Waals surface area (Å²) in [5, 5.41) is 16.6. The van der Waals surface area contributed by atoms with Crippen LogP contribution in [0.1, 0.15) is 139 Å². The molecule has 0 aromatic carbocycles. The van der Waals surface area contributed by atoms with Crippen LogP contribution >= 0.6 is 0 Å². The van der Waals surface area contributed by atoms with Crippen molar-refractivity contribution >= 4 is 27.9 Å². The SMILES string of the molecule is C=C(C)[C@@H]1CC[C@]2(NCC(CNC(=O)OCC)N3CCS(=O)(=O)CC3)CC[C@]3(C)[C@H](CC[C@@H]4[C@@]5(C)CC[C@H](OC(=O)CC(C)(C)CC(=O)O)C(C)(C)[C@@H]5CC[C@]43C)[C@@H]12. The Balaban J connectivity index is 1.22. The predicted molar refractivity (Wildman–Crippen MR) is 227 cm³/mol. The normalized spacial score (nSPS) is 39.8. The van der Waals surface area contributed by atoms with Gasteiger partial charge in [-0.1, -0.05) is 60.6 Å². The summed E-state index contributed by atoms with van der Waals surface area (Å²) in [4.78, 5) is 39.4. The van der Waals surface area contributed by atoms with Crippen LogP contribution in [-0.2, 0) is 28.9 Å². The smallest absolute Gasteiger partial charge is 0.407 e. The molecule has 0 radical (unpaired) electrons. The number of amides is 1. The number of fused-ring (bicyclic) bond motifs is 7. The highest BCUT2D eigenvalue weighted by atomic mass is 32.2. The van der Waals surface area contributed by atoms with Gasteiger partial charge in [0, 0.05) is 43.2 Å². The van der Waals surface area contributed by atoms with E-state index in [1.807, 2.05) is 13.8 Å². The molecule has 0 aromatic rings. The minimum Gasteiger partial charge on any atom is -0.481 e. The minimum absolute atomic E-state index is 0.0505. The van der Waals surface area contributed by atoms with Crippen LogP contribution in [-0.4, -0.2) is 98.4 Å². The summed E-state index contributed by atoms with van der Waals surface area (Å²) < 4.78 is 36.3. The van der Waals surface area contributed by atoms with Gasteiger partial charge in [-0.2, -0.15) is 0 Å². The highest BCUT2D eigenvalue weighted by molar-refractivity contribution is 7.91. The average molecular weight is 832 g/mol. The van der Waals surface area contributed by atoms with E-state index in [-0.39, 0.29) is 69.7 Å². The zero-order valence-corrected chi connectivity index (χ0v) is 38.2. The first kappa shape index (κ1) is 45.3. The van der Waals surface area contributed by atoms with Gasteiger partial charge in [-0.05, 0) is 129 Å². The molecule has 0 spiro atoms. The van der Waals surface area contributed by atoms with E-state index < -0.39 is 27.3 Å². The first-order valence-corrected chi connectivity index (χ1v) is 24.4. The second-order valence-electron chi connectivity index (χ2n) is 21.9. The van der Waals surface area contributed by atoms with E-state index in [0.717, 1.165) is 51.4 Å². The molecule has 1 amide bonds. The first-order chi connectivity index (χ1) is 26.9. The summed E-state index contributed by atoms with van der Waals surface area (Å²) in [7, 11) is -3.05. The number of sulfone groups is 1. The fourth-order valence-corrected chi connectivity index (χ4v) is 16.1. The van der Waals surface area contributed by atoms with E-state index in [1.54, 1.807) is 6.92 Å². The third kappa shape index (κ3) is 8.26. The number of ether oxygens (including phenoxy) is 2. The van der Waals surface area contributed by atoms with E-state index in [4.69, 9.17) is 9.47 Å². The number of nitrogens with zero attached hydrogens (tertiary/aromatic N) is 1. The maximum Gasteiger partial charge on any atom is 0.407 e. The van der Waals surface area contributed by atoms with Crippen molar-refractivity contribution in [2.45, 2.75) is 157 Å². The lowest BCUT2D eigenvalue weighted by Crippen LogP contribution is -2.69. The summed E-state index contributed by atoms with van der Waals surface area (Å²) in [6, 6.07) is -0.0513. The Morgan fingerprint density at radius 1 is 0.879 bits per heavy atom. The van der Waals surface area contributed by atoms with Crippen LogP contribution in [0.5, 0.6) is 0 Å². The molecule has 58 heavy (non-hydrogen) atoms. The van der Waals surface area contributed by atoms with Crippen LogP contribution in [0, 0.1) is 56.7 Å². The zero-order chi connectivity index (χ0) is 42.7. The summed E-state index contributed by atoms with van der Waals surface area (Å²) in [6.07, 6.45) is 10.4. The van der Waals surface area contributed by atoms with Crippen molar-refractivity contribution in [3.63, 3.8) is 0 Å². The van der Waals surface area contributed by atoms with Crippen molar-refractivity contribution < 1.29 is 37.4 Å². The monoisotopic (exact) mass is 832 g/mol. The lowest BCUT2D eigenvalue weighted by molar-refractivity contribution is -0.246. The van der Waals surface area contributed by atoms with Gasteiger partial charge in [0.15, 0.2) is 9.84 Å². The lowest BCUT2D eigenvalue weighted by Gasteiger charge is -2.73. The van der Waals surface area contributed by atoms with E-state index in [0.29, 0.717) is 62.4 Å². The summed E-state index contributed by atoms with van der Waals surface area (Å²) in [5.74, 6) is 1.50. The molecule has 11 atom stereocenters. The van der Waals surface area contributed by atoms with Crippen LogP contribution in [0.4, 0.5) is 4.79 Å². The topological polar surface area (TPSA) is 151 Å². The van der Waals surface area contributed by atoms with Crippen molar-refractivity contribution in [1.82, 2.24) is 15.5 Å². The fourth-order valence-electron chi connectivity index (χ4n) is 14.8. The number of nitrogens with one attached hydrogen (secondary N) is 2. The quantitative estimate of drug-likeness (QED) is 0.125. The molecule has 6 aliphatic rings. The van der Waals surface area contributed by atoms with E-state index in [1.165, 1.54) is 18.4 Å². The largest absolute Gasteiger partial charge is 0.481 e. The molecule has 330 valence electrons. The van der Waals surface area contributed by atoms with Crippen LogP contribution < -0.4 is 10.6 Å². The summed E-state index contributed by atoms with van der Waals surface area (Å²) >= 11 is 0. The van der Waals surface area contributed by atoms with Gasteiger partial charge in [0.05, 0.1) is 31.0 Å². The maximum absolute atomic E-state index is 13.3. The van der Waals surface area contributed by atoms with Crippen molar-refractivity contribution in [2.24, 2.45) is 56.7 Å². The lowest BCUT2D eigenvalue weighted by atomic mass is 9.32. The molecule has 1 unspecified atom stereocenters. The molecule has 1 heterocycles. The molecular weight excluding hydrogens is 755 g/mol. The van der Waals surface area contributed by atoms with Gasteiger partial charge >= 0.3 is 18.0 Å². The summed E-state index contributed by atoms with van der Waals surface area (Å²) in [6.45, 7) is 27.1. The van der Waals surface area contributed by atoms with Crippen molar-refractivity contribution in [3.05, 3.63) is 12.2 Å². The molecule has 6 fully saturated rings. The number of rotatable bonds is 13. The number of carbonyl (C=O) groups is 3. The van der Waals surface area contributed by atoms with Gasteiger partial charge in [0.2, 0.25) is 0 Å². The highest BCUT2D eigenvalue weighted by Crippen LogP contribution is 2.76. The molecule has 0 bridgehead atoms. The Morgan fingerprint density at radius 2 is 1.57 bits per heavy atom. The van der Waals surface area contributed by atoms with Gasteiger partial charge in [-0.3, -0.25) is 14.5 Å².